The molecule has 0 spiro atoms. The predicted octanol–water partition coefficient (Wildman–Crippen LogP) is 2.01. The van der Waals surface area contributed by atoms with Crippen LogP contribution < -0.4 is 5.32 Å². The molecule has 3 N–H and O–H groups in total. The van der Waals surface area contributed by atoms with Gasteiger partial charge in [0, 0.05) is 37.3 Å². The van der Waals surface area contributed by atoms with E-state index in [1.165, 1.54) is 5.56 Å². The van der Waals surface area contributed by atoms with Crippen molar-refractivity contribution >= 4 is 16.9 Å². The maximum atomic E-state index is 11.3. The average molecular weight is 301 g/mol. The SMILES string of the molecule is Cc1[nH]c2c(C(=O)O)cccc2c1CCCN1CCNCC1. The van der Waals surface area contributed by atoms with Gasteiger partial charge in [-0.05, 0) is 37.9 Å². The van der Waals surface area contributed by atoms with Gasteiger partial charge in [0.1, 0.15) is 0 Å². The molecule has 2 aromatic rings. The zero-order valence-corrected chi connectivity index (χ0v) is 13.0. The number of aromatic nitrogens is 1. The lowest BCUT2D eigenvalue weighted by molar-refractivity contribution is 0.0699. The van der Waals surface area contributed by atoms with Crippen LogP contribution >= 0.6 is 0 Å². The minimum Gasteiger partial charge on any atom is -0.478 e. The van der Waals surface area contributed by atoms with Gasteiger partial charge >= 0.3 is 5.97 Å². The topological polar surface area (TPSA) is 68.4 Å². The quantitative estimate of drug-likeness (QED) is 0.790. The molecule has 1 aromatic carbocycles. The van der Waals surface area contributed by atoms with Crippen LogP contribution in [0.4, 0.5) is 0 Å². The highest BCUT2D eigenvalue weighted by Crippen LogP contribution is 2.26. The van der Waals surface area contributed by atoms with E-state index >= 15 is 0 Å². The Morgan fingerprint density at radius 1 is 1.32 bits per heavy atom. The van der Waals surface area contributed by atoms with Crippen LogP contribution in [0.1, 0.15) is 28.0 Å². The predicted molar refractivity (Wildman–Crippen MR) is 87.6 cm³/mol. The Bertz CT molecular complexity index is 672. The fourth-order valence-electron chi connectivity index (χ4n) is 3.32. The van der Waals surface area contributed by atoms with Crippen molar-refractivity contribution in [3.05, 3.63) is 35.0 Å². The molecule has 1 aliphatic rings. The summed E-state index contributed by atoms with van der Waals surface area (Å²) >= 11 is 0. The van der Waals surface area contributed by atoms with E-state index in [4.69, 9.17) is 0 Å². The Balaban J connectivity index is 1.74. The van der Waals surface area contributed by atoms with E-state index in [1.807, 2.05) is 19.1 Å². The maximum absolute atomic E-state index is 11.3. The summed E-state index contributed by atoms with van der Waals surface area (Å²) in [7, 11) is 0. The number of hydrogen-bond donors (Lipinski definition) is 3. The fourth-order valence-corrected chi connectivity index (χ4v) is 3.32. The molecule has 0 amide bonds. The van der Waals surface area contributed by atoms with Crippen molar-refractivity contribution in [2.75, 3.05) is 32.7 Å². The number of carbonyl (C=O) groups is 1. The third-order valence-electron chi connectivity index (χ3n) is 4.50. The second-order valence-corrected chi connectivity index (χ2v) is 5.96. The monoisotopic (exact) mass is 301 g/mol. The number of H-pyrrole nitrogens is 1. The van der Waals surface area contributed by atoms with Gasteiger partial charge in [0.15, 0.2) is 0 Å². The van der Waals surface area contributed by atoms with Crippen molar-refractivity contribution in [3.8, 4) is 0 Å². The zero-order chi connectivity index (χ0) is 15.5. The van der Waals surface area contributed by atoms with E-state index in [9.17, 15) is 9.90 Å². The molecule has 22 heavy (non-hydrogen) atoms. The summed E-state index contributed by atoms with van der Waals surface area (Å²) < 4.78 is 0. The number of para-hydroxylation sites is 1. The molecule has 0 radical (unpaired) electrons. The normalized spacial score (nSPS) is 16.2. The lowest BCUT2D eigenvalue weighted by Crippen LogP contribution is -2.43. The number of aryl methyl sites for hydroxylation is 2. The van der Waals surface area contributed by atoms with Gasteiger partial charge in [0.05, 0.1) is 11.1 Å². The van der Waals surface area contributed by atoms with Crippen molar-refractivity contribution in [1.82, 2.24) is 15.2 Å². The van der Waals surface area contributed by atoms with Crippen molar-refractivity contribution < 1.29 is 9.90 Å². The van der Waals surface area contributed by atoms with E-state index in [0.29, 0.717) is 5.56 Å². The number of nitrogens with zero attached hydrogens (tertiary/aromatic N) is 1. The van der Waals surface area contributed by atoms with Crippen molar-refractivity contribution in [1.29, 1.82) is 0 Å². The zero-order valence-electron chi connectivity index (χ0n) is 13.0. The Hall–Kier alpha value is -1.85. The van der Waals surface area contributed by atoms with E-state index in [0.717, 1.165) is 62.2 Å². The molecule has 0 saturated carbocycles. The fraction of sp³-hybridized carbons (Fsp3) is 0.471. The van der Waals surface area contributed by atoms with Gasteiger partial charge in [-0.1, -0.05) is 12.1 Å². The summed E-state index contributed by atoms with van der Waals surface area (Å²) in [5.74, 6) is -0.876. The van der Waals surface area contributed by atoms with Crippen LogP contribution in [0.15, 0.2) is 18.2 Å². The van der Waals surface area contributed by atoms with E-state index in [2.05, 4.69) is 15.2 Å². The molecule has 5 nitrogen and oxygen atoms in total. The summed E-state index contributed by atoms with van der Waals surface area (Å²) in [6.45, 7) is 7.53. The highest BCUT2D eigenvalue weighted by molar-refractivity contribution is 6.03. The summed E-state index contributed by atoms with van der Waals surface area (Å²) in [5.41, 5.74) is 3.45. The molecule has 1 fully saturated rings. The number of aromatic carboxylic acids is 1. The Labute approximate surface area is 130 Å². The lowest BCUT2D eigenvalue weighted by Gasteiger charge is -2.27. The van der Waals surface area contributed by atoms with Gasteiger partial charge in [-0.3, -0.25) is 0 Å². The maximum Gasteiger partial charge on any atom is 0.337 e. The second kappa shape index (κ2) is 6.50. The molecule has 118 valence electrons. The number of carboxylic acid groups (broad SMARTS) is 1. The second-order valence-electron chi connectivity index (χ2n) is 5.96. The van der Waals surface area contributed by atoms with Crippen molar-refractivity contribution in [2.45, 2.75) is 19.8 Å². The summed E-state index contributed by atoms with van der Waals surface area (Å²) in [6.07, 6.45) is 2.09. The summed E-state index contributed by atoms with van der Waals surface area (Å²) in [4.78, 5) is 17.1. The van der Waals surface area contributed by atoms with Crippen LogP contribution in [-0.4, -0.2) is 53.7 Å². The van der Waals surface area contributed by atoms with Gasteiger partial charge < -0.3 is 20.3 Å². The van der Waals surface area contributed by atoms with Gasteiger partial charge in [-0.2, -0.15) is 0 Å². The molecule has 0 aliphatic carbocycles. The first-order valence-corrected chi connectivity index (χ1v) is 7.93. The van der Waals surface area contributed by atoms with Crippen LogP contribution in [0.3, 0.4) is 0 Å². The third kappa shape index (κ3) is 3.00. The van der Waals surface area contributed by atoms with Crippen LogP contribution in [0.2, 0.25) is 0 Å². The molecule has 1 aromatic heterocycles. The van der Waals surface area contributed by atoms with E-state index in [-0.39, 0.29) is 0 Å². The first-order chi connectivity index (χ1) is 10.7. The average Bonchev–Trinajstić information content (AvgIpc) is 2.84. The molecule has 2 heterocycles. The summed E-state index contributed by atoms with van der Waals surface area (Å²) in [6, 6.07) is 5.51. The number of hydrogen-bond acceptors (Lipinski definition) is 3. The summed E-state index contributed by atoms with van der Waals surface area (Å²) in [5, 5.41) is 13.7. The molecule has 0 atom stereocenters. The first kappa shape index (κ1) is 15.1. The Morgan fingerprint density at radius 2 is 2.09 bits per heavy atom. The molecule has 3 rings (SSSR count). The highest BCUT2D eigenvalue weighted by Gasteiger charge is 2.15. The standard InChI is InChI=1S/C17H23N3O2/c1-12-13(6-3-9-20-10-7-18-8-11-20)14-4-2-5-15(17(21)22)16(14)19-12/h2,4-5,18-19H,3,6-11H2,1H3,(H,21,22). The minimum atomic E-state index is -0.876. The van der Waals surface area contributed by atoms with Crippen LogP contribution in [-0.2, 0) is 6.42 Å². The largest absolute Gasteiger partial charge is 0.478 e. The number of carboxylic acids is 1. The molecule has 5 heteroatoms. The van der Waals surface area contributed by atoms with Crippen molar-refractivity contribution in [2.24, 2.45) is 0 Å². The third-order valence-corrected chi connectivity index (χ3v) is 4.50. The Morgan fingerprint density at radius 3 is 2.82 bits per heavy atom. The highest BCUT2D eigenvalue weighted by atomic mass is 16.4. The number of fused-ring (bicyclic) bond motifs is 1. The molecule has 0 unspecified atom stereocenters. The smallest absolute Gasteiger partial charge is 0.337 e. The van der Waals surface area contributed by atoms with E-state index in [1.54, 1.807) is 6.07 Å². The van der Waals surface area contributed by atoms with Gasteiger partial charge in [-0.15, -0.1) is 0 Å². The molecular weight excluding hydrogens is 278 g/mol. The molecular formula is C17H23N3O2. The number of piperazine rings is 1. The number of aromatic amines is 1. The van der Waals surface area contributed by atoms with Gasteiger partial charge in [0.2, 0.25) is 0 Å². The molecule has 0 bridgehead atoms. The lowest BCUT2D eigenvalue weighted by atomic mass is 10.0. The van der Waals surface area contributed by atoms with Crippen molar-refractivity contribution in [3.63, 3.8) is 0 Å². The first-order valence-electron chi connectivity index (χ1n) is 7.93. The van der Waals surface area contributed by atoms with Crippen LogP contribution in [0.25, 0.3) is 10.9 Å². The van der Waals surface area contributed by atoms with Crippen LogP contribution in [0, 0.1) is 6.92 Å². The molecule has 1 saturated heterocycles. The molecule has 1 aliphatic heterocycles. The van der Waals surface area contributed by atoms with Gasteiger partial charge in [0.25, 0.3) is 0 Å². The number of nitrogens with one attached hydrogen (secondary N) is 2. The number of rotatable bonds is 5. The van der Waals surface area contributed by atoms with Crippen LogP contribution in [0.5, 0.6) is 0 Å². The number of benzene rings is 1. The van der Waals surface area contributed by atoms with E-state index < -0.39 is 5.97 Å². The Kier molecular flexibility index (Phi) is 4.45. The van der Waals surface area contributed by atoms with Gasteiger partial charge in [-0.25, -0.2) is 4.79 Å². The minimum absolute atomic E-state index is 0.356.